The number of ether oxygens (including phenoxy) is 2. The lowest BCUT2D eigenvalue weighted by Crippen LogP contribution is -2.17. The summed E-state index contributed by atoms with van der Waals surface area (Å²) < 4.78 is 12.7. The Labute approximate surface area is 163 Å². The molecule has 1 aromatic carbocycles. The number of methoxy groups -OCH3 is 2. The number of thioether (sulfide) groups is 1. The van der Waals surface area contributed by atoms with Crippen molar-refractivity contribution in [3.05, 3.63) is 24.0 Å². The maximum Gasteiger partial charge on any atom is 0.234 e. The van der Waals surface area contributed by atoms with Crippen LogP contribution in [0.4, 0.5) is 5.69 Å². The van der Waals surface area contributed by atoms with Gasteiger partial charge >= 0.3 is 0 Å². The summed E-state index contributed by atoms with van der Waals surface area (Å²) in [5.74, 6) is 2.34. The van der Waals surface area contributed by atoms with E-state index in [-0.39, 0.29) is 11.7 Å². The summed E-state index contributed by atoms with van der Waals surface area (Å²) in [6.07, 6.45) is 6.09. The molecule has 3 rings (SSSR count). The molecule has 0 radical (unpaired) electrons. The van der Waals surface area contributed by atoms with Crippen molar-refractivity contribution in [1.82, 2.24) is 14.8 Å². The van der Waals surface area contributed by atoms with E-state index in [1.165, 1.54) is 31.0 Å². The number of nitrogens with zero attached hydrogens (tertiary/aromatic N) is 3. The second kappa shape index (κ2) is 9.12. The molecule has 0 unspecified atom stereocenters. The quantitative estimate of drug-likeness (QED) is 0.724. The molecule has 0 atom stereocenters. The maximum atomic E-state index is 12.4. The fourth-order valence-electron chi connectivity index (χ4n) is 3.41. The van der Waals surface area contributed by atoms with E-state index < -0.39 is 0 Å². The van der Waals surface area contributed by atoms with Gasteiger partial charge in [0.1, 0.15) is 17.3 Å². The van der Waals surface area contributed by atoms with E-state index in [0.717, 1.165) is 23.8 Å². The molecule has 27 heavy (non-hydrogen) atoms. The van der Waals surface area contributed by atoms with Gasteiger partial charge in [0, 0.05) is 29.9 Å². The van der Waals surface area contributed by atoms with Gasteiger partial charge in [0.05, 0.1) is 20.0 Å². The normalized spacial score (nSPS) is 14.8. The van der Waals surface area contributed by atoms with E-state index in [1.54, 1.807) is 32.4 Å². The molecule has 1 N–H and O–H groups in total. The third kappa shape index (κ3) is 4.94. The van der Waals surface area contributed by atoms with E-state index >= 15 is 0 Å². The van der Waals surface area contributed by atoms with Gasteiger partial charge in [-0.05, 0) is 19.8 Å². The number of hydrogen-bond donors (Lipinski definition) is 1. The van der Waals surface area contributed by atoms with Crippen LogP contribution in [0.25, 0.3) is 0 Å². The molecule has 0 aliphatic heterocycles. The van der Waals surface area contributed by atoms with Gasteiger partial charge in [0.25, 0.3) is 0 Å². The van der Waals surface area contributed by atoms with Crippen LogP contribution in [-0.4, -0.2) is 40.6 Å². The number of rotatable bonds is 7. The minimum atomic E-state index is -0.105. The molecular weight excluding hydrogens is 364 g/mol. The topological polar surface area (TPSA) is 78.3 Å². The SMILES string of the molecule is COc1cc(NC(=O)CSc2nnc(C)n2C2CCCCC2)cc(OC)c1. The van der Waals surface area contributed by atoms with Crippen molar-refractivity contribution >= 4 is 23.4 Å². The molecule has 8 heteroatoms. The van der Waals surface area contributed by atoms with Gasteiger partial charge in [0.15, 0.2) is 5.16 Å². The average molecular weight is 391 g/mol. The van der Waals surface area contributed by atoms with Crippen LogP contribution in [0.1, 0.15) is 44.0 Å². The molecule has 1 amide bonds. The van der Waals surface area contributed by atoms with E-state index in [0.29, 0.717) is 23.2 Å². The van der Waals surface area contributed by atoms with E-state index in [1.807, 2.05) is 6.92 Å². The first kappa shape index (κ1) is 19.5. The lowest BCUT2D eigenvalue weighted by molar-refractivity contribution is -0.113. The number of anilines is 1. The summed E-state index contributed by atoms with van der Waals surface area (Å²) in [5.41, 5.74) is 0.640. The minimum Gasteiger partial charge on any atom is -0.497 e. The van der Waals surface area contributed by atoms with Crippen molar-refractivity contribution < 1.29 is 14.3 Å². The van der Waals surface area contributed by atoms with E-state index in [9.17, 15) is 4.79 Å². The number of carbonyl (C=O) groups excluding carboxylic acids is 1. The molecule has 7 nitrogen and oxygen atoms in total. The molecule has 1 heterocycles. The highest BCUT2D eigenvalue weighted by molar-refractivity contribution is 7.99. The predicted molar refractivity (Wildman–Crippen MR) is 106 cm³/mol. The van der Waals surface area contributed by atoms with Crippen LogP contribution < -0.4 is 14.8 Å². The van der Waals surface area contributed by atoms with Gasteiger partial charge in [-0.1, -0.05) is 31.0 Å². The van der Waals surface area contributed by atoms with Crippen molar-refractivity contribution in [2.75, 3.05) is 25.3 Å². The van der Waals surface area contributed by atoms with Gasteiger partial charge in [0.2, 0.25) is 5.91 Å². The fraction of sp³-hybridized carbons (Fsp3) is 0.526. The van der Waals surface area contributed by atoms with Gasteiger partial charge in [-0.2, -0.15) is 0 Å². The summed E-state index contributed by atoms with van der Waals surface area (Å²) >= 11 is 1.42. The Kier molecular flexibility index (Phi) is 6.60. The van der Waals surface area contributed by atoms with Crippen molar-refractivity contribution in [1.29, 1.82) is 0 Å². The van der Waals surface area contributed by atoms with Crippen LogP contribution in [0.5, 0.6) is 11.5 Å². The fourth-order valence-corrected chi connectivity index (χ4v) is 4.27. The summed E-state index contributed by atoms with van der Waals surface area (Å²) in [7, 11) is 3.16. The molecule has 1 saturated carbocycles. The largest absolute Gasteiger partial charge is 0.497 e. The molecule has 2 aromatic rings. The monoisotopic (exact) mass is 390 g/mol. The first-order chi connectivity index (χ1) is 13.1. The van der Waals surface area contributed by atoms with Crippen LogP contribution in [0.2, 0.25) is 0 Å². The van der Waals surface area contributed by atoms with Crippen LogP contribution >= 0.6 is 11.8 Å². The smallest absolute Gasteiger partial charge is 0.234 e. The molecular formula is C19H26N4O3S. The first-order valence-corrected chi connectivity index (χ1v) is 10.2. The number of benzene rings is 1. The zero-order valence-corrected chi connectivity index (χ0v) is 16.8. The summed E-state index contributed by atoms with van der Waals surface area (Å²) in [5, 5.41) is 12.2. The zero-order chi connectivity index (χ0) is 19.2. The molecule has 1 aliphatic carbocycles. The molecule has 0 saturated heterocycles. The number of amides is 1. The number of nitrogens with one attached hydrogen (secondary N) is 1. The number of carbonyl (C=O) groups is 1. The maximum absolute atomic E-state index is 12.4. The molecule has 146 valence electrons. The Hall–Kier alpha value is -2.22. The van der Waals surface area contributed by atoms with Crippen LogP contribution in [0.15, 0.2) is 23.4 Å². The Morgan fingerprint density at radius 2 is 1.81 bits per heavy atom. The molecule has 0 spiro atoms. The molecule has 0 bridgehead atoms. The van der Waals surface area contributed by atoms with Gasteiger partial charge in [-0.3, -0.25) is 4.79 Å². The highest BCUT2D eigenvalue weighted by atomic mass is 32.2. The number of hydrogen-bond acceptors (Lipinski definition) is 6. The molecule has 1 aliphatic rings. The minimum absolute atomic E-state index is 0.105. The van der Waals surface area contributed by atoms with Crippen molar-refractivity contribution in [2.45, 2.75) is 50.2 Å². The summed E-state index contributed by atoms with van der Waals surface area (Å²) in [4.78, 5) is 12.4. The van der Waals surface area contributed by atoms with Gasteiger partial charge in [-0.15, -0.1) is 10.2 Å². The van der Waals surface area contributed by atoms with Crippen molar-refractivity contribution in [3.63, 3.8) is 0 Å². The number of aromatic nitrogens is 3. The summed E-state index contributed by atoms with van der Waals surface area (Å²) in [6.45, 7) is 1.98. The van der Waals surface area contributed by atoms with E-state index in [2.05, 4.69) is 20.1 Å². The Morgan fingerprint density at radius 3 is 2.44 bits per heavy atom. The lowest BCUT2D eigenvalue weighted by Gasteiger charge is -2.24. The van der Waals surface area contributed by atoms with Crippen LogP contribution in [0, 0.1) is 6.92 Å². The second-order valence-corrected chi connectivity index (χ2v) is 7.57. The lowest BCUT2D eigenvalue weighted by atomic mass is 9.95. The first-order valence-electron chi connectivity index (χ1n) is 9.18. The van der Waals surface area contributed by atoms with Crippen LogP contribution in [0.3, 0.4) is 0 Å². The second-order valence-electron chi connectivity index (χ2n) is 6.63. The molecule has 1 aromatic heterocycles. The van der Waals surface area contributed by atoms with Crippen molar-refractivity contribution in [2.24, 2.45) is 0 Å². The highest BCUT2D eigenvalue weighted by Gasteiger charge is 2.21. The number of aryl methyl sites for hydroxylation is 1. The Morgan fingerprint density at radius 1 is 1.15 bits per heavy atom. The van der Waals surface area contributed by atoms with Crippen LogP contribution in [-0.2, 0) is 4.79 Å². The Balaban J connectivity index is 1.63. The standard InChI is InChI=1S/C19H26N4O3S/c1-13-21-22-19(23(13)15-7-5-4-6-8-15)27-12-18(24)20-14-9-16(25-2)11-17(10-14)26-3/h9-11,15H,4-8,12H2,1-3H3,(H,20,24). The third-order valence-electron chi connectivity index (χ3n) is 4.74. The van der Waals surface area contributed by atoms with Gasteiger partial charge < -0.3 is 19.4 Å². The summed E-state index contributed by atoms with van der Waals surface area (Å²) in [6, 6.07) is 5.74. The van der Waals surface area contributed by atoms with Gasteiger partial charge in [-0.25, -0.2) is 0 Å². The zero-order valence-electron chi connectivity index (χ0n) is 16.0. The van der Waals surface area contributed by atoms with Crippen molar-refractivity contribution in [3.8, 4) is 11.5 Å². The Bertz CT molecular complexity index is 765. The average Bonchev–Trinajstić information content (AvgIpc) is 3.07. The predicted octanol–water partition coefficient (Wildman–Crippen LogP) is 3.84. The van der Waals surface area contributed by atoms with E-state index in [4.69, 9.17) is 9.47 Å². The highest BCUT2D eigenvalue weighted by Crippen LogP contribution is 2.32. The third-order valence-corrected chi connectivity index (χ3v) is 5.69. The molecule has 1 fully saturated rings.